The van der Waals surface area contributed by atoms with E-state index < -0.39 is 11.9 Å². The highest BCUT2D eigenvalue weighted by Crippen LogP contribution is 2.26. The molecule has 0 aliphatic carbocycles. The summed E-state index contributed by atoms with van der Waals surface area (Å²) in [6.45, 7) is 0. The average Bonchev–Trinajstić information content (AvgIpc) is 2.34. The number of rotatable bonds is 2. The molecule has 0 radical (unpaired) electrons. The minimum Gasteiger partial charge on any atom is -0.321 e. The lowest BCUT2D eigenvalue weighted by molar-refractivity contribution is 0.102. The minimum absolute atomic E-state index is 0.189. The van der Waals surface area contributed by atoms with Crippen molar-refractivity contribution in [1.82, 2.24) is 4.98 Å². The van der Waals surface area contributed by atoms with E-state index in [0.717, 1.165) is 6.07 Å². The number of halogens is 3. The Bertz CT molecular complexity index is 606. The predicted octanol–water partition coefficient (Wildman–Crippen LogP) is 3.89. The zero-order valence-electron chi connectivity index (χ0n) is 8.95. The van der Waals surface area contributed by atoms with E-state index >= 15 is 0 Å². The second-order valence-electron chi connectivity index (χ2n) is 3.45. The fraction of sp³-hybridized carbons (Fsp3) is 0. The Morgan fingerprint density at radius 2 is 2.11 bits per heavy atom. The van der Waals surface area contributed by atoms with Gasteiger partial charge in [-0.3, -0.25) is 4.79 Å². The molecule has 92 valence electrons. The van der Waals surface area contributed by atoms with Gasteiger partial charge in [0.25, 0.3) is 5.91 Å². The minimum atomic E-state index is -0.701. The molecule has 2 rings (SSSR count). The summed E-state index contributed by atoms with van der Waals surface area (Å²) in [5.74, 6) is -1.13. The maximum atomic E-state index is 12.9. The van der Waals surface area contributed by atoms with Crippen molar-refractivity contribution in [1.29, 1.82) is 0 Å². The lowest BCUT2D eigenvalue weighted by Gasteiger charge is -2.07. The molecule has 1 heterocycles. The van der Waals surface area contributed by atoms with Crippen LogP contribution in [-0.4, -0.2) is 10.9 Å². The molecule has 0 aliphatic rings. The Balaban J connectivity index is 2.24. The predicted molar refractivity (Wildman–Crippen MR) is 71.3 cm³/mol. The molecule has 0 unspecified atom stereocenters. The average molecular weight is 330 g/mol. The van der Waals surface area contributed by atoms with Gasteiger partial charge in [0.05, 0.1) is 5.69 Å². The van der Waals surface area contributed by atoms with Gasteiger partial charge in [-0.15, -0.1) is 0 Å². The monoisotopic (exact) mass is 328 g/mol. The fourth-order valence-corrected chi connectivity index (χ4v) is 1.85. The zero-order valence-corrected chi connectivity index (χ0v) is 11.3. The number of anilines is 1. The molecule has 0 bridgehead atoms. The summed E-state index contributed by atoms with van der Waals surface area (Å²) in [7, 11) is 0. The highest BCUT2D eigenvalue weighted by atomic mass is 79.9. The summed E-state index contributed by atoms with van der Waals surface area (Å²) >= 11 is 9.12. The molecule has 0 saturated heterocycles. The molecule has 3 nitrogen and oxygen atoms in total. The van der Waals surface area contributed by atoms with Crippen LogP contribution in [0.2, 0.25) is 5.02 Å². The number of hydrogen-bond acceptors (Lipinski definition) is 2. The van der Waals surface area contributed by atoms with Gasteiger partial charge in [0.2, 0.25) is 5.95 Å². The molecule has 0 saturated carbocycles. The maximum Gasteiger partial charge on any atom is 0.255 e. The molecule has 1 N–H and O–H groups in total. The number of aromatic nitrogens is 1. The highest BCUT2D eigenvalue weighted by Gasteiger charge is 2.09. The van der Waals surface area contributed by atoms with Gasteiger partial charge in [-0.25, -0.2) is 4.98 Å². The molecule has 18 heavy (non-hydrogen) atoms. The second-order valence-corrected chi connectivity index (χ2v) is 4.74. The van der Waals surface area contributed by atoms with Gasteiger partial charge in [-0.1, -0.05) is 11.6 Å². The summed E-state index contributed by atoms with van der Waals surface area (Å²) in [5.41, 5.74) is 0.707. The van der Waals surface area contributed by atoms with Crippen molar-refractivity contribution in [3.8, 4) is 0 Å². The van der Waals surface area contributed by atoms with Crippen LogP contribution in [0.4, 0.5) is 10.1 Å². The Morgan fingerprint density at radius 3 is 2.83 bits per heavy atom. The van der Waals surface area contributed by atoms with Crippen molar-refractivity contribution >= 4 is 39.1 Å². The van der Waals surface area contributed by atoms with Crippen molar-refractivity contribution in [2.75, 3.05) is 5.32 Å². The number of carbonyl (C=O) groups excluding carboxylic acids is 1. The number of benzene rings is 1. The normalized spacial score (nSPS) is 10.2. The first kappa shape index (κ1) is 13.0. The maximum absolute atomic E-state index is 12.9. The molecule has 6 heteroatoms. The topological polar surface area (TPSA) is 42.0 Å². The fourth-order valence-electron chi connectivity index (χ4n) is 1.33. The van der Waals surface area contributed by atoms with Crippen LogP contribution in [-0.2, 0) is 0 Å². The molecule has 1 aromatic heterocycles. The van der Waals surface area contributed by atoms with Crippen LogP contribution >= 0.6 is 27.5 Å². The summed E-state index contributed by atoms with van der Waals surface area (Å²) in [4.78, 5) is 15.2. The van der Waals surface area contributed by atoms with Crippen LogP contribution in [0.1, 0.15) is 10.4 Å². The second kappa shape index (κ2) is 5.46. The lowest BCUT2D eigenvalue weighted by Crippen LogP contribution is -2.12. The van der Waals surface area contributed by atoms with Crippen molar-refractivity contribution in [2.24, 2.45) is 0 Å². The van der Waals surface area contributed by atoms with Crippen LogP contribution in [0.3, 0.4) is 0 Å². The van der Waals surface area contributed by atoms with Gasteiger partial charge >= 0.3 is 0 Å². The first-order valence-corrected chi connectivity index (χ1v) is 6.11. The number of nitrogens with zero attached hydrogens (tertiary/aromatic N) is 1. The Kier molecular flexibility index (Phi) is 3.93. The molecular formula is C12H7BrClFN2O. The molecule has 2 aromatic rings. The van der Waals surface area contributed by atoms with Crippen LogP contribution in [0.25, 0.3) is 0 Å². The summed E-state index contributed by atoms with van der Waals surface area (Å²) in [6, 6.07) is 7.49. The van der Waals surface area contributed by atoms with E-state index in [9.17, 15) is 9.18 Å². The van der Waals surface area contributed by atoms with Crippen LogP contribution in [0.5, 0.6) is 0 Å². The SMILES string of the molecule is O=C(Nc1cc(Cl)ccc1Br)c1ccnc(F)c1. The smallest absolute Gasteiger partial charge is 0.255 e. The van der Waals surface area contributed by atoms with Crippen LogP contribution in [0, 0.1) is 5.95 Å². The van der Waals surface area contributed by atoms with E-state index in [0.29, 0.717) is 15.2 Å². The highest BCUT2D eigenvalue weighted by molar-refractivity contribution is 9.10. The molecule has 0 atom stereocenters. The van der Waals surface area contributed by atoms with Gasteiger partial charge in [-0.05, 0) is 40.2 Å². The van der Waals surface area contributed by atoms with Crippen molar-refractivity contribution in [2.45, 2.75) is 0 Å². The van der Waals surface area contributed by atoms with Gasteiger partial charge in [0, 0.05) is 27.3 Å². The summed E-state index contributed by atoms with van der Waals surface area (Å²) in [5, 5.41) is 3.12. The lowest BCUT2D eigenvalue weighted by atomic mass is 10.2. The third kappa shape index (κ3) is 3.05. The molecule has 0 aliphatic heterocycles. The van der Waals surface area contributed by atoms with Crippen molar-refractivity contribution in [3.63, 3.8) is 0 Å². The van der Waals surface area contributed by atoms with Crippen LogP contribution < -0.4 is 5.32 Å². The number of amides is 1. The number of pyridine rings is 1. The van der Waals surface area contributed by atoms with E-state index in [1.54, 1.807) is 18.2 Å². The third-order valence-electron chi connectivity index (χ3n) is 2.17. The summed E-state index contributed by atoms with van der Waals surface area (Å²) in [6.07, 6.45) is 1.23. The molecular weight excluding hydrogens is 322 g/mol. The van der Waals surface area contributed by atoms with E-state index in [2.05, 4.69) is 26.2 Å². The Morgan fingerprint density at radius 1 is 1.33 bits per heavy atom. The van der Waals surface area contributed by atoms with Gasteiger partial charge < -0.3 is 5.32 Å². The number of hydrogen-bond donors (Lipinski definition) is 1. The zero-order chi connectivity index (χ0) is 13.1. The van der Waals surface area contributed by atoms with Crippen LogP contribution in [0.15, 0.2) is 41.0 Å². The first-order valence-electron chi connectivity index (χ1n) is 4.94. The van der Waals surface area contributed by atoms with Gasteiger partial charge in [0.15, 0.2) is 0 Å². The van der Waals surface area contributed by atoms with E-state index in [1.807, 2.05) is 0 Å². The quantitative estimate of drug-likeness (QED) is 0.849. The largest absolute Gasteiger partial charge is 0.321 e. The van der Waals surface area contributed by atoms with E-state index in [1.165, 1.54) is 12.3 Å². The van der Waals surface area contributed by atoms with Gasteiger partial charge in [-0.2, -0.15) is 4.39 Å². The van der Waals surface area contributed by atoms with Gasteiger partial charge in [0.1, 0.15) is 0 Å². The Labute approximate surface area is 116 Å². The molecule has 1 amide bonds. The molecule has 0 fully saturated rings. The van der Waals surface area contributed by atoms with Crippen molar-refractivity contribution < 1.29 is 9.18 Å². The Hall–Kier alpha value is -1.46. The molecule has 1 aromatic carbocycles. The summed E-state index contributed by atoms with van der Waals surface area (Å²) < 4.78 is 13.6. The molecule has 0 spiro atoms. The van der Waals surface area contributed by atoms with E-state index in [-0.39, 0.29) is 5.56 Å². The van der Waals surface area contributed by atoms with E-state index in [4.69, 9.17) is 11.6 Å². The third-order valence-corrected chi connectivity index (χ3v) is 3.09. The van der Waals surface area contributed by atoms with Crippen molar-refractivity contribution in [3.05, 3.63) is 57.5 Å². The first-order chi connectivity index (χ1) is 8.56. The standard InChI is InChI=1S/C12H7BrClFN2O/c13-9-2-1-8(14)6-10(9)17-12(18)7-3-4-16-11(15)5-7/h1-6H,(H,17,18). The number of nitrogens with one attached hydrogen (secondary N) is 1. The number of carbonyl (C=O) groups is 1.